The van der Waals surface area contributed by atoms with E-state index in [4.69, 9.17) is 11.9 Å². The molecule has 66 valence electrons. The molecule has 0 aliphatic carbocycles. The molecule has 0 aliphatic heterocycles. The maximum Gasteiger partial charge on any atom is 0.325 e. The first-order chi connectivity index (χ1) is 5.72. The van der Waals surface area contributed by atoms with E-state index >= 15 is 0 Å². The van der Waals surface area contributed by atoms with Crippen LogP contribution in [0.3, 0.4) is 0 Å². The fourth-order valence-corrected chi connectivity index (χ4v) is 0.942. The van der Waals surface area contributed by atoms with Gasteiger partial charge in [0.05, 0.1) is 18.4 Å². The summed E-state index contributed by atoms with van der Waals surface area (Å²) in [4.78, 5) is 14.6. The van der Waals surface area contributed by atoms with Crippen molar-refractivity contribution < 1.29 is 9.08 Å². The molecule has 0 N–H and O–H groups in total. The summed E-state index contributed by atoms with van der Waals surface area (Å²) in [6, 6.07) is 0. The predicted molar refractivity (Wildman–Crippen MR) is 43.5 cm³/mol. The van der Waals surface area contributed by atoms with Crippen LogP contribution in [0.4, 0.5) is 0 Å². The molecule has 0 aliphatic rings. The van der Waals surface area contributed by atoms with Crippen molar-refractivity contribution in [1.82, 2.24) is 9.55 Å². The number of aromatic nitrogens is 2. The lowest BCUT2D eigenvalue weighted by Gasteiger charge is -1.92. The molecule has 0 fully saturated rings. The molecule has 0 saturated heterocycles. The molecule has 1 rings (SSSR count). The molecule has 4 nitrogen and oxygen atoms in total. The van der Waals surface area contributed by atoms with Crippen LogP contribution in [0.2, 0.25) is 0 Å². The number of aryl methyl sites for hydroxylation is 2. The normalized spacial score (nSPS) is 9.83. The number of nitrogens with zero attached hydrogens (tertiary/aromatic N) is 2. The Morgan fingerprint density at radius 1 is 1.83 bits per heavy atom. The van der Waals surface area contributed by atoms with Crippen LogP contribution in [0, 0.1) is 0 Å². The Bertz CT molecular complexity index is 272. The minimum absolute atomic E-state index is 0.264. The first-order valence-corrected chi connectivity index (χ1v) is 3.81. The van der Waals surface area contributed by atoms with Crippen LogP contribution in [0.5, 0.6) is 0 Å². The van der Waals surface area contributed by atoms with E-state index < -0.39 is 5.97 Å². The molecule has 0 atom stereocenters. The summed E-state index contributed by atoms with van der Waals surface area (Å²) >= 11 is 4.85. The summed E-state index contributed by atoms with van der Waals surface area (Å²) in [5.74, 6) is -0.428. The second kappa shape index (κ2) is 4.11. The van der Waals surface area contributed by atoms with E-state index in [0.29, 0.717) is 6.42 Å². The summed E-state index contributed by atoms with van der Waals surface area (Å²) in [7, 11) is 1.87. The van der Waals surface area contributed by atoms with Crippen molar-refractivity contribution >= 4 is 17.8 Å². The smallest absolute Gasteiger partial charge is 0.325 e. The lowest BCUT2D eigenvalue weighted by molar-refractivity contribution is -0.133. The van der Waals surface area contributed by atoms with Gasteiger partial charge in [-0.2, -0.15) is 0 Å². The van der Waals surface area contributed by atoms with Crippen LogP contribution >= 0.6 is 11.9 Å². The van der Waals surface area contributed by atoms with E-state index in [2.05, 4.69) is 9.27 Å². The van der Waals surface area contributed by atoms with Gasteiger partial charge in [-0.1, -0.05) is 0 Å². The molecule has 1 aromatic rings. The van der Waals surface area contributed by atoms with Gasteiger partial charge < -0.3 is 8.86 Å². The van der Waals surface area contributed by atoms with Crippen molar-refractivity contribution in [3.05, 3.63) is 18.2 Å². The standard InChI is InChI=1S/C7H9ClN2O2/c1-10-4-6(9-5-10)2-3-7(11)12-8/h4-5H,2-3H2,1H3. The van der Waals surface area contributed by atoms with Crippen molar-refractivity contribution in [3.8, 4) is 0 Å². The van der Waals surface area contributed by atoms with E-state index in [1.54, 1.807) is 6.33 Å². The summed E-state index contributed by atoms with van der Waals surface area (Å²) < 4.78 is 5.80. The number of carbonyl (C=O) groups excluding carboxylic acids is 1. The average molecular weight is 189 g/mol. The van der Waals surface area contributed by atoms with Gasteiger partial charge in [0, 0.05) is 19.7 Å². The molecular weight excluding hydrogens is 180 g/mol. The van der Waals surface area contributed by atoms with Crippen molar-refractivity contribution in [1.29, 1.82) is 0 Å². The highest BCUT2D eigenvalue weighted by Gasteiger charge is 2.03. The Morgan fingerprint density at radius 2 is 2.58 bits per heavy atom. The highest BCUT2D eigenvalue weighted by molar-refractivity contribution is 6.13. The van der Waals surface area contributed by atoms with Crippen LogP contribution in [0.1, 0.15) is 12.1 Å². The largest absolute Gasteiger partial charge is 0.348 e. The van der Waals surface area contributed by atoms with Gasteiger partial charge in [-0.05, 0) is 0 Å². The molecule has 0 aromatic carbocycles. The number of carbonyl (C=O) groups is 1. The van der Waals surface area contributed by atoms with E-state index in [-0.39, 0.29) is 6.42 Å². The fraction of sp³-hybridized carbons (Fsp3) is 0.429. The summed E-state index contributed by atoms with van der Waals surface area (Å²) in [6.07, 6.45) is 4.36. The minimum atomic E-state index is -0.428. The zero-order chi connectivity index (χ0) is 8.97. The van der Waals surface area contributed by atoms with Crippen LogP contribution < -0.4 is 0 Å². The second-order valence-electron chi connectivity index (χ2n) is 2.48. The molecule has 0 bridgehead atoms. The van der Waals surface area contributed by atoms with E-state index in [0.717, 1.165) is 5.69 Å². The zero-order valence-electron chi connectivity index (χ0n) is 6.66. The van der Waals surface area contributed by atoms with Gasteiger partial charge in [0.25, 0.3) is 0 Å². The summed E-state index contributed by atoms with van der Waals surface area (Å²) in [6.45, 7) is 0. The Kier molecular flexibility index (Phi) is 3.10. The molecule has 0 unspecified atom stereocenters. The van der Waals surface area contributed by atoms with Crippen LogP contribution in [-0.2, 0) is 22.6 Å². The van der Waals surface area contributed by atoms with E-state index in [1.165, 1.54) is 0 Å². The summed E-state index contributed by atoms with van der Waals surface area (Å²) in [5, 5.41) is 0. The van der Waals surface area contributed by atoms with Crippen LogP contribution in [-0.4, -0.2) is 15.5 Å². The monoisotopic (exact) mass is 188 g/mol. The highest BCUT2D eigenvalue weighted by Crippen LogP contribution is 2.00. The maximum absolute atomic E-state index is 10.6. The lowest BCUT2D eigenvalue weighted by atomic mass is 10.2. The second-order valence-corrected chi connectivity index (χ2v) is 2.63. The van der Waals surface area contributed by atoms with Gasteiger partial charge in [-0.3, -0.25) is 4.79 Å². The van der Waals surface area contributed by atoms with E-state index in [9.17, 15) is 4.79 Å². The molecule has 0 amide bonds. The number of hydrogen-bond donors (Lipinski definition) is 0. The minimum Gasteiger partial charge on any atom is -0.348 e. The molecule has 0 spiro atoms. The van der Waals surface area contributed by atoms with Crippen molar-refractivity contribution in [2.75, 3.05) is 0 Å². The van der Waals surface area contributed by atoms with Gasteiger partial charge in [0.1, 0.15) is 11.9 Å². The number of halogens is 1. The summed E-state index contributed by atoms with van der Waals surface area (Å²) in [5.41, 5.74) is 0.861. The first kappa shape index (κ1) is 9.06. The van der Waals surface area contributed by atoms with Gasteiger partial charge in [0.2, 0.25) is 0 Å². The molecule has 0 radical (unpaired) electrons. The lowest BCUT2D eigenvalue weighted by Crippen LogP contribution is -1.99. The third-order valence-corrected chi connectivity index (χ3v) is 1.60. The highest BCUT2D eigenvalue weighted by atomic mass is 35.5. The Hall–Kier alpha value is -1.03. The third kappa shape index (κ3) is 2.54. The zero-order valence-corrected chi connectivity index (χ0v) is 7.41. The SMILES string of the molecule is Cn1cnc(CCC(=O)OCl)c1. The Balaban J connectivity index is 2.38. The first-order valence-electron chi connectivity index (χ1n) is 3.50. The molecule has 5 heteroatoms. The molecule has 1 aromatic heterocycles. The van der Waals surface area contributed by atoms with Gasteiger partial charge >= 0.3 is 5.97 Å². The van der Waals surface area contributed by atoms with Crippen molar-refractivity contribution in [3.63, 3.8) is 0 Å². The quantitative estimate of drug-likeness (QED) is 0.712. The number of imidazole rings is 1. The van der Waals surface area contributed by atoms with Gasteiger partial charge in [-0.25, -0.2) is 4.98 Å². The van der Waals surface area contributed by atoms with Crippen LogP contribution in [0.25, 0.3) is 0 Å². The molecule has 1 heterocycles. The number of rotatable bonds is 3. The molecular formula is C7H9ClN2O2. The Labute approximate surface area is 75.3 Å². The average Bonchev–Trinajstić information content (AvgIpc) is 2.47. The third-order valence-electron chi connectivity index (χ3n) is 1.43. The fourth-order valence-electron chi connectivity index (χ4n) is 0.865. The molecule has 12 heavy (non-hydrogen) atoms. The van der Waals surface area contributed by atoms with Crippen molar-refractivity contribution in [2.45, 2.75) is 12.8 Å². The Morgan fingerprint density at radius 3 is 3.08 bits per heavy atom. The van der Waals surface area contributed by atoms with Crippen LogP contribution in [0.15, 0.2) is 12.5 Å². The number of hydrogen-bond acceptors (Lipinski definition) is 3. The topological polar surface area (TPSA) is 44.1 Å². The van der Waals surface area contributed by atoms with E-state index in [1.807, 2.05) is 17.8 Å². The van der Waals surface area contributed by atoms with Crippen molar-refractivity contribution in [2.24, 2.45) is 7.05 Å². The van der Waals surface area contributed by atoms with Gasteiger partial charge in [0.15, 0.2) is 0 Å². The van der Waals surface area contributed by atoms with Gasteiger partial charge in [-0.15, -0.1) is 0 Å². The predicted octanol–water partition coefficient (Wildman–Crippen LogP) is 1.05. The maximum atomic E-state index is 10.6. The molecule has 0 saturated carbocycles.